The fourth-order valence-corrected chi connectivity index (χ4v) is 4.71. The van der Waals surface area contributed by atoms with Crippen molar-refractivity contribution in [3.63, 3.8) is 0 Å². The van der Waals surface area contributed by atoms with Crippen molar-refractivity contribution in [1.82, 2.24) is 10.2 Å². The summed E-state index contributed by atoms with van der Waals surface area (Å²) in [6.07, 6.45) is 3.31. The van der Waals surface area contributed by atoms with Crippen molar-refractivity contribution in [2.45, 2.75) is 52.2 Å². The molecule has 6 heteroatoms. The molecule has 0 amide bonds. The summed E-state index contributed by atoms with van der Waals surface area (Å²) in [5, 5.41) is 4.10. The standard InChI is InChI=1S/C26H30N2O3S/c1-4-14-28-20-6-5-7-21(29)24(20)25(27-26(28)32)19-12-13-22(23(15-19)30-3)31-16-18-10-8-17(2)9-11-18/h8-13,15,25H,4-7,14,16H2,1-3H3,(H,27,32). The lowest BCUT2D eigenvalue weighted by molar-refractivity contribution is -0.116. The van der Waals surface area contributed by atoms with Gasteiger partial charge in [-0.05, 0) is 61.7 Å². The summed E-state index contributed by atoms with van der Waals surface area (Å²) >= 11 is 5.68. The highest BCUT2D eigenvalue weighted by atomic mass is 32.1. The summed E-state index contributed by atoms with van der Waals surface area (Å²) in [5.74, 6) is 1.52. The van der Waals surface area contributed by atoms with Crippen molar-refractivity contribution >= 4 is 23.1 Å². The van der Waals surface area contributed by atoms with E-state index in [0.29, 0.717) is 29.6 Å². The quantitative estimate of drug-likeness (QED) is 0.583. The Kier molecular flexibility index (Phi) is 6.80. The molecule has 5 nitrogen and oxygen atoms in total. The minimum Gasteiger partial charge on any atom is -0.493 e. The molecule has 1 heterocycles. The predicted octanol–water partition coefficient (Wildman–Crippen LogP) is 5.23. The van der Waals surface area contributed by atoms with E-state index in [2.05, 4.69) is 48.3 Å². The van der Waals surface area contributed by atoms with Crippen molar-refractivity contribution in [3.05, 3.63) is 70.4 Å². The SMILES string of the molecule is CCCN1C(=S)NC(c2ccc(OCc3ccc(C)cc3)c(OC)c2)C2=C1CCCC2=O. The number of hydrogen-bond acceptors (Lipinski definition) is 4. The van der Waals surface area contributed by atoms with Gasteiger partial charge in [0.25, 0.3) is 0 Å². The minimum atomic E-state index is -0.265. The Balaban J connectivity index is 1.62. The molecule has 0 saturated heterocycles. The zero-order valence-corrected chi connectivity index (χ0v) is 19.8. The highest BCUT2D eigenvalue weighted by Crippen LogP contribution is 2.40. The predicted molar refractivity (Wildman–Crippen MR) is 130 cm³/mol. The van der Waals surface area contributed by atoms with Gasteiger partial charge in [-0.25, -0.2) is 0 Å². The molecule has 2 aliphatic rings. The van der Waals surface area contributed by atoms with Gasteiger partial charge in [-0.15, -0.1) is 0 Å². The van der Waals surface area contributed by atoms with Crippen molar-refractivity contribution < 1.29 is 14.3 Å². The van der Waals surface area contributed by atoms with E-state index in [1.807, 2.05) is 18.2 Å². The zero-order chi connectivity index (χ0) is 22.7. The molecule has 32 heavy (non-hydrogen) atoms. The van der Waals surface area contributed by atoms with Crippen LogP contribution in [0.25, 0.3) is 0 Å². The number of nitrogens with one attached hydrogen (secondary N) is 1. The molecular weight excluding hydrogens is 420 g/mol. The van der Waals surface area contributed by atoms with Crippen molar-refractivity contribution in [1.29, 1.82) is 0 Å². The van der Waals surface area contributed by atoms with Crippen molar-refractivity contribution in [2.24, 2.45) is 0 Å². The van der Waals surface area contributed by atoms with Gasteiger partial charge >= 0.3 is 0 Å². The van der Waals surface area contributed by atoms with Gasteiger partial charge in [0.15, 0.2) is 22.4 Å². The van der Waals surface area contributed by atoms with Crippen LogP contribution in [0.3, 0.4) is 0 Å². The number of methoxy groups -OCH3 is 1. The maximum atomic E-state index is 12.9. The van der Waals surface area contributed by atoms with E-state index in [9.17, 15) is 4.79 Å². The lowest BCUT2D eigenvalue weighted by atomic mass is 9.84. The molecule has 1 aliphatic carbocycles. The van der Waals surface area contributed by atoms with E-state index in [4.69, 9.17) is 21.7 Å². The third-order valence-electron chi connectivity index (χ3n) is 6.04. The number of carbonyl (C=O) groups is 1. The van der Waals surface area contributed by atoms with Gasteiger partial charge in [0.1, 0.15) is 6.61 Å². The largest absolute Gasteiger partial charge is 0.493 e. The van der Waals surface area contributed by atoms with Gasteiger partial charge in [0.2, 0.25) is 0 Å². The number of carbonyl (C=O) groups excluding carboxylic acids is 1. The number of allylic oxidation sites excluding steroid dienone is 1. The van der Waals surface area contributed by atoms with Crippen LogP contribution in [-0.2, 0) is 11.4 Å². The molecule has 1 aliphatic heterocycles. The Bertz CT molecular complexity index is 1050. The molecule has 1 N–H and O–H groups in total. The van der Waals surface area contributed by atoms with Crippen LogP contribution in [0.1, 0.15) is 55.3 Å². The van der Waals surface area contributed by atoms with Crippen LogP contribution in [-0.4, -0.2) is 29.5 Å². The number of nitrogens with zero attached hydrogens (tertiary/aromatic N) is 1. The van der Waals surface area contributed by atoms with Gasteiger partial charge in [0, 0.05) is 24.2 Å². The van der Waals surface area contributed by atoms with E-state index < -0.39 is 0 Å². The lowest BCUT2D eigenvalue weighted by Crippen LogP contribution is -2.49. The van der Waals surface area contributed by atoms with Crippen LogP contribution in [0, 0.1) is 6.92 Å². The average Bonchev–Trinajstić information content (AvgIpc) is 2.80. The third-order valence-corrected chi connectivity index (χ3v) is 6.38. The highest BCUT2D eigenvalue weighted by Gasteiger charge is 2.37. The van der Waals surface area contributed by atoms with E-state index in [1.54, 1.807) is 7.11 Å². The Morgan fingerprint density at radius 3 is 2.62 bits per heavy atom. The molecule has 0 bridgehead atoms. The zero-order valence-electron chi connectivity index (χ0n) is 18.9. The highest BCUT2D eigenvalue weighted by molar-refractivity contribution is 7.80. The first kappa shape index (κ1) is 22.3. The molecule has 1 atom stereocenters. The smallest absolute Gasteiger partial charge is 0.173 e. The number of ether oxygens (including phenoxy) is 2. The van der Waals surface area contributed by atoms with Gasteiger partial charge < -0.3 is 19.7 Å². The number of Topliss-reactive ketones (excluding diaryl/α,β-unsaturated/α-hetero) is 1. The Morgan fingerprint density at radius 2 is 1.91 bits per heavy atom. The molecule has 2 aromatic rings. The fraction of sp³-hybridized carbons (Fsp3) is 0.385. The molecular formula is C26H30N2O3S. The average molecular weight is 451 g/mol. The van der Waals surface area contributed by atoms with E-state index in [0.717, 1.165) is 48.2 Å². The first-order valence-electron chi connectivity index (χ1n) is 11.2. The van der Waals surface area contributed by atoms with E-state index >= 15 is 0 Å². The number of benzene rings is 2. The second-order valence-electron chi connectivity index (χ2n) is 8.36. The van der Waals surface area contributed by atoms with Gasteiger partial charge in [-0.2, -0.15) is 0 Å². The molecule has 0 radical (unpaired) electrons. The molecule has 0 saturated carbocycles. The van der Waals surface area contributed by atoms with Crippen LogP contribution in [0.5, 0.6) is 11.5 Å². The topological polar surface area (TPSA) is 50.8 Å². The number of thiocarbonyl (C=S) groups is 1. The Labute approximate surface area is 195 Å². The maximum absolute atomic E-state index is 12.9. The first-order valence-corrected chi connectivity index (χ1v) is 11.6. The second-order valence-corrected chi connectivity index (χ2v) is 8.74. The third kappa shape index (κ3) is 4.51. The molecule has 4 rings (SSSR count). The fourth-order valence-electron chi connectivity index (χ4n) is 4.39. The molecule has 168 valence electrons. The van der Waals surface area contributed by atoms with Crippen LogP contribution in [0.15, 0.2) is 53.7 Å². The number of rotatable bonds is 7. The molecule has 0 spiro atoms. The van der Waals surface area contributed by atoms with Crippen LogP contribution in [0.4, 0.5) is 0 Å². The molecule has 0 aromatic heterocycles. The van der Waals surface area contributed by atoms with Gasteiger partial charge in [0.05, 0.1) is 13.2 Å². The normalized spacial score (nSPS) is 18.3. The van der Waals surface area contributed by atoms with Crippen molar-refractivity contribution in [2.75, 3.05) is 13.7 Å². The van der Waals surface area contributed by atoms with Crippen LogP contribution >= 0.6 is 12.2 Å². The monoisotopic (exact) mass is 450 g/mol. The summed E-state index contributed by atoms with van der Waals surface area (Å²) in [6.45, 7) is 5.47. The van der Waals surface area contributed by atoms with E-state index in [-0.39, 0.29) is 11.8 Å². The summed E-state index contributed by atoms with van der Waals surface area (Å²) in [7, 11) is 1.64. The van der Waals surface area contributed by atoms with Crippen LogP contribution < -0.4 is 14.8 Å². The summed E-state index contributed by atoms with van der Waals surface area (Å²) in [4.78, 5) is 15.1. The number of hydrogen-bond donors (Lipinski definition) is 1. The minimum absolute atomic E-state index is 0.200. The lowest BCUT2D eigenvalue weighted by Gasteiger charge is -2.41. The number of ketones is 1. The van der Waals surface area contributed by atoms with E-state index in [1.165, 1.54) is 5.56 Å². The Hall–Kier alpha value is -2.86. The van der Waals surface area contributed by atoms with Gasteiger partial charge in [-0.1, -0.05) is 42.8 Å². The summed E-state index contributed by atoms with van der Waals surface area (Å²) < 4.78 is 11.7. The maximum Gasteiger partial charge on any atom is 0.173 e. The molecule has 2 aromatic carbocycles. The molecule has 0 fully saturated rings. The second kappa shape index (κ2) is 9.74. The van der Waals surface area contributed by atoms with Gasteiger partial charge in [-0.3, -0.25) is 4.79 Å². The first-order chi connectivity index (χ1) is 15.5. The van der Waals surface area contributed by atoms with Crippen molar-refractivity contribution in [3.8, 4) is 11.5 Å². The Morgan fingerprint density at radius 1 is 1.12 bits per heavy atom. The van der Waals surface area contributed by atoms with Crippen LogP contribution in [0.2, 0.25) is 0 Å². The summed E-state index contributed by atoms with van der Waals surface area (Å²) in [6, 6.07) is 13.9. The molecule has 1 unspecified atom stereocenters. The summed E-state index contributed by atoms with van der Waals surface area (Å²) in [5.41, 5.74) is 5.19. The number of aryl methyl sites for hydroxylation is 1.